The molecule has 0 aliphatic heterocycles. The molecule has 0 atom stereocenters. The van der Waals surface area contributed by atoms with E-state index < -0.39 is 26.7 Å². The second kappa shape index (κ2) is 6.54. The van der Waals surface area contributed by atoms with Gasteiger partial charge in [-0.15, -0.1) is 0 Å². The van der Waals surface area contributed by atoms with Gasteiger partial charge in [0, 0.05) is 17.4 Å². The lowest BCUT2D eigenvalue weighted by Crippen LogP contribution is -2.19. The van der Waals surface area contributed by atoms with Gasteiger partial charge in [-0.2, -0.15) is 13.2 Å². The third-order valence-electron chi connectivity index (χ3n) is 2.91. The number of nitrogens with zero attached hydrogens (tertiary/aromatic N) is 2. The Labute approximate surface area is 141 Å². The van der Waals surface area contributed by atoms with Crippen molar-refractivity contribution < 1.29 is 21.6 Å². The quantitative estimate of drug-likeness (QED) is 0.798. The molecular formula is C13H11ClF3N4O2S. The van der Waals surface area contributed by atoms with Gasteiger partial charge in [0.2, 0.25) is 15.3 Å². The molecule has 0 amide bonds. The highest BCUT2D eigenvalue weighted by Gasteiger charge is 2.32. The van der Waals surface area contributed by atoms with E-state index in [4.69, 9.17) is 11.6 Å². The summed E-state index contributed by atoms with van der Waals surface area (Å²) in [5.74, 6) is 0.0575. The molecule has 1 radical (unpaired) electrons. The molecule has 0 aliphatic carbocycles. The number of rotatable bonds is 4. The van der Waals surface area contributed by atoms with E-state index in [-0.39, 0.29) is 22.4 Å². The van der Waals surface area contributed by atoms with Crippen LogP contribution in [0, 0.1) is 6.92 Å². The number of nitrogens with one attached hydrogen (secondary N) is 2. The molecule has 6 nitrogen and oxygen atoms in total. The molecule has 0 spiro atoms. The number of sulfonamides is 1. The summed E-state index contributed by atoms with van der Waals surface area (Å²) in [7, 11) is -2.98. The van der Waals surface area contributed by atoms with E-state index in [9.17, 15) is 21.6 Å². The van der Waals surface area contributed by atoms with Crippen LogP contribution in [0.25, 0.3) is 0 Å². The lowest BCUT2D eigenvalue weighted by molar-refractivity contribution is -0.137. The van der Waals surface area contributed by atoms with Gasteiger partial charge in [0.05, 0.1) is 10.5 Å². The Balaban J connectivity index is 2.57. The molecule has 0 aliphatic rings. The Kier molecular flexibility index (Phi) is 5.02. The first-order valence-corrected chi connectivity index (χ1v) is 8.16. The minimum atomic E-state index is -4.73. The van der Waals surface area contributed by atoms with Gasteiger partial charge < -0.3 is 5.32 Å². The van der Waals surface area contributed by atoms with Crippen LogP contribution in [0.3, 0.4) is 0 Å². The van der Waals surface area contributed by atoms with Crippen molar-refractivity contribution in [2.45, 2.75) is 11.1 Å². The van der Waals surface area contributed by atoms with Crippen LogP contribution < -0.4 is 10.0 Å². The monoisotopic (exact) mass is 379 g/mol. The first-order chi connectivity index (χ1) is 11.0. The summed E-state index contributed by atoms with van der Waals surface area (Å²) in [6.45, 7) is 3.62. The van der Waals surface area contributed by atoms with Gasteiger partial charge in [-0.1, -0.05) is 0 Å². The summed E-state index contributed by atoms with van der Waals surface area (Å²) in [6, 6.07) is 2.33. The Morgan fingerprint density at radius 1 is 1.25 bits per heavy atom. The predicted molar refractivity (Wildman–Crippen MR) is 82.5 cm³/mol. The minimum absolute atomic E-state index is 0.0575. The topological polar surface area (TPSA) is 84.0 Å². The van der Waals surface area contributed by atoms with Crippen LogP contribution >= 0.6 is 11.6 Å². The number of halogens is 4. The molecule has 0 unspecified atom stereocenters. The number of aromatic nitrogens is 2. The minimum Gasteiger partial charge on any atom is -0.340 e. The molecule has 1 aromatic carbocycles. The van der Waals surface area contributed by atoms with Crippen LogP contribution in [0.1, 0.15) is 11.1 Å². The zero-order valence-corrected chi connectivity index (χ0v) is 13.7. The van der Waals surface area contributed by atoms with Crippen LogP contribution in [-0.4, -0.2) is 25.4 Å². The van der Waals surface area contributed by atoms with E-state index in [0.29, 0.717) is 6.07 Å². The fraction of sp³-hybridized carbons (Fsp3) is 0.154. The Bertz CT molecular complexity index is 872. The molecule has 24 heavy (non-hydrogen) atoms. The maximum atomic E-state index is 13.0. The Hall–Kier alpha value is -1.91. The summed E-state index contributed by atoms with van der Waals surface area (Å²) >= 11 is 5.64. The second-order valence-corrected chi connectivity index (χ2v) is 6.81. The average molecular weight is 380 g/mol. The molecular weight excluding hydrogens is 369 g/mol. The van der Waals surface area contributed by atoms with Crippen molar-refractivity contribution in [1.82, 2.24) is 14.7 Å². The van der Waals surface area contributed by atoms with Crippen LogP contribution in [0.4, 0.5) is 24.7 Å². The van der Waals surface area contributed by atoms with Gasteiger partial charge in [0.25, 0.3) is 0 Å². The maximum Gasteiger partial charge on any atom is 0.416 e. The van der Waals surface area contributed by atoms with E-state index in [1.54, 1.807) is 0 Å². The van der Waals surface area contributed by atoms with Gasteiger partial charge in [-0.3, -0.25) is 0 Å². The van der Waals surface area contributed by atoms with E-state index in [1.165, 1.54) is 6.20 Å². The van der Waals surface area contributed by atoms with Crippen molar-refractivity contribution in [3.63, 3.8) is 0 Å². The number of hydrogen-bond donors (Lipinski definition) is 2. The first kappa shape index (κ1) is 18.4. The first-order valence-electron chi connectivity index (χ1n) is 6.30. The highest BCUT2D eigenvalue weighted by molar-refractivity contribution is 7.89. The lowest BCUT2D eigenvalue weighted by Gasteiger charge is -2.14. The Morgan fingerprint density at radius 3 is 2.50 bits per heavy atom. The van der Waals surface area contributed by atoms with E-state index >= 15 is 0 Å². The molecule has 129 valence electrons. The Morgan fingerprint density at radius 2 is 1.92 bits per heavy atom. The van der Waals surface area contributed by atoms with E-state index in [2.05, 4.69) is 22.2 Å². The van der Waals surface area contributed by atoms with Crippen molar-refractivity contribution in [3.05, 3.63) is 47.7 Å². The standard InChI is InChI=1S/C13H11ClF3N4O2S/c1-7-6-19-12(14)21-11(7)20-9-3-8(13(15,16)17)4-10(5-9)24(22,23)18-2/h3-6,18H,1H2,2H3,(H,19,20,21). The summed E-state index contributed by atoms with van der Waals surface area (Å²) in [4.78, 5) is 6.93. The molecule has 2 rings (SSSR count). The van der Waals surface area contributed by atoms with Gasteiger partial charge in [-0.05, 0) is 43.8 Å². The molecule has 2 N–H and O–H groups in total. The molecule has 0 saturated carbocycles. The normalized spacial score (nSPS) is 12.2. The fourth-order valence-electron chi connectivity index (χ4n) is 1.74. The summed E-state index contributed by atoms with van der Waals surface area (Å²) in [5.41, 5.74) is -1.000. The number of hydrogen-bond acceptors (Lipinski definition) is 5. The van der Waals surface area contributed by atoms with Gasteiger partial charge >= 0.3 is 6.18 Å². The molecule has 1 heterocycles. The van der Waals surface area contributed by atoms with E-state index in [1.807, 2.05) is 4.72 Å². The van der Waals surface area contributed by atoms with Crippen molar-refractivity contribution in [2.24, 2.45) is 0 Å². The third-order valence-corrected chi connectivity index (χ3v) is 4.49. The smallest absolute Gasteiger partial charge is 0.340 e. The SMILES string of the molecule is [CH2]c1cnc(Cl)nc1Nc1cc(C(F)(F)F)cc(S(=O)(=O)NC)c1. The van der Waals surface area contributed by atoms with E-state index in [0.717, 1.165) is 19.2 Å². The lowest BCUT2D eigenvalue weighted by atomic mass is 10.2. The van der Waals surface area contributed by atoms with Crippen LogP contribution in [0.2, 0.25) is 5.28 Å². The molecule has 1 aromatic heterocycles. The molecule has 0 fully saturated rings. The number of alkyl halides is 3. The number of anilines is 2. The number of benzene rings is 1. The summed E-state index contributed by atoms with van der Waals surface area (Å²) < 4.78 is 64.7. The zero-order chi connectivity index (χ0) is 18.1. The fourth-order valence-corrected chi connectivity index (χ4v) is 2.67. The van der Waals surface area contributed by atoms with Crippen molar-refractivity contribution in [1.29, 1.82) is 0 Å². The largest absolute Gasteiger partial charge is 0.416 e. The van der Waals surface area contributed by atoms with Crippen molar-refractivity contribution >= 4 is 33.1 Å². The van der Waals surface area contributed by atoms with Crippen LogP contribution in [-0.2, 0) is 16.2 Å². The summed E-state index contributed by atoms with van der Waals surface area (Å²) in [6.07, 6.45) is -3.46. The van der Waals surface area contributed by atoms with Gasteiger partial charge in [0.1, 0.15) is 5.82 Å². The highest BCUT2D eigenvalue weighted by atomic mass is 35.5. The average Bonchev–Trinajstić information content (AvgIpc) is 2.50. The third kappa shape index (κ3) is 4.13. The molecule has 2 aromatic rings. The predicted octanol–water partition coefficient (Wildman–Crippen LogP) is 2.98. The van der Waals surface area contributed by atoms with Crippen LogP contribution in [0.5, 0.6) is 0 Å². The van der Waals surface area contributed by atoms with Crippen LogP contribution in [0.15, 0.2) is 29.3 Å². The molecule has 0 bridgehead atoms. The molecule has 0 saturated heterocycles. The van der Waals surface area contributed by atoms with Crippen molar-refractivity contribution in [2.75, 3.05) is 12.4 Å². The summed E-state index contributed by atoms with van der Waals surface area (Å²) in [5, 5.41) is 2.43. The molecule has 11 heteroatoms. The van der Waals surface area contributed by atoms with Gasteiger partial charge in [0.15, 0.2) is 0 Å². The highest BCUT2D eigenvalue weighted by Crippen LogP contribution is 2.34. The maximum absolute atomic E-state index is 13.0. The zero-order valence-electron chi connectivity index (χ0n) is 12.1. The van der Waals surface area contributed by atoms with Crippen molar-refractivity contribution in [3.8, 4) is 0 Å². The second-order valence-electron chi connectivity index (χ2n) is 4.59. The van der Waals surface area contributed by atoms with Gasteiger partial charge in [-0.25, -0.2) is 23.1 Å².